The standard InChI is InChI=1S/C19H13N7OS2/c1-2-6-13(7-3-1)26-19(23-24-25-26)29-17-11-10-14(27-17)12-20-22-18-21-15-8-4-5-9-16(15)28-18/h1-12H,(H,21,22)/b20-12+. The minimum absolute atomic E-state index is 0.611. The Labute approximate surface area is 173 Å². The van der Waals surface area contributed by atoms with Crippen LogP contribution in [0.25, 0.3) is 15.9 Å². The van der Waals surface area contributed by atoms with E-state index in [0.29, 0.717) is 16.0 Å². The molecule has 29 heavy (non-hydrogen) atoms. The molecular weight excluding hydrogens is 406 g/mol. The number of hydrogen-bond acceptors (Lipinski definition) is 9. The molecule has 0 saturated heterocycles. The Balaban J connectivity index is 1.27. The molecule has 0 radical (unpaired) electrons. The summed E-state index contributed by atoms with van der Waals surface area (Å²) in [7, 11) is 0. The zero-order valence-electron chi connectivity index (χ0n) is 14.8. The van der Waals surface area contributed by atoms with Crippen molar-refractivity contribution in [2.45, 2.75) is 10.2 Å². The highest BCUT2D eigenvalue weighted by Crippen LogP contribution is 2.28. The number of furan rings is 1. The summed E-state index contributed by atoms with van der Waals surface area (Å²) in [4.78, 5) is 4.47. The first-order valence-electron chi connectivity index (χ1n) is 8.61. The predicted octanol–water partition coefficient (Wildman–Crippen LogP) is 4.46. The lowest BCUT2D eigenvalue weighted by molar-refractivity contribution is 0.468. The van der Waals surface area contributed by atoms with Crippen molar-refractivity contribution in [3.8, 4) is 5.69 Å². The Morgan fingerprint density at radius 2 is 1.90 bits per heavy atom. The van der Waals surface area contributed by atoms with E-state index in [0.717, 1.165) is 21.0 Å². The third-order valence-corrected chi connectivity index (χ3v) is 5.68. The number of nitrogens with one attached hydrogen (secondary N) is 1. The van der Waals surface area contributed by atoms with Crippen LogP contribution < -0.4 is 5.43 Å². The molecular formula is C19H13N7OS2. The van der Waals surface area contributed by atoms with Crippen molar-refractivity contribution in [2.75, 3.05) is 5.43 Å². The number of nitrogens with zero attached hydrogens (tertiary/aromatic N) is 6. The van der Waals surface area contributed by atoms with Gasteiger partial charge in [0.15, 0.2) is 5.09 Å². The van der Waals surface area contributed by atoms with E-state index in [9.17, 15) is 0 Å². The van der Waals surface area contributed by atoms with Gasteiger partial charge in [-0.1, -0.05) is 41.7 Å². The Morgan fingerprint density at radius 1 is 1.03 bits per heavy atom. The van der Waals surface area contributed by atoms with E-state index in [-0.39, 0.29) is 0 Å². The van der Waals surface area contributed by atoms with Gasteiger partial charge in [-0.05, 0) is 58.6 Å². The minimum atomic E-state index is 0.611. The van der Waals surface area contributed by atoms with Crippen LogP contribution in [-0.2, 0) is 0 Å². The smallest absolute Gasteiger partial charge is 0.221 e. The van der Waals surface area contributed by atoms with Gasteiger partial charge in [0.25, 0.3) is 0 Å². The molecule has 0 fully saturated rings. The maximum Gasteiger partial charge on any atom is 0.221 e. The van der Waals surface area contributed by atoms with Crippen LogP contribution in [0.1, 0.15) is 5.76 Å². The Hall–Kier alpha value is -3.50. The van der Waals surface area contributed by atoms with Crippen molar-refractivity contribution in [3.63, 3.8) is 0 Å². The normalized spacial score (nSPS) is 11.4. The molecule has 0 saturated carbocycles. The van der Waals surface area contributed by atoms with Crippen LogP contribution in [-0.4, -0.2) is 31.4 Å². The highest BCUT2D eigenvalue weighted by molar-refractivity contribution is 7.99. The van der Waals surface area contributed by atoms with Gasteiger partial charge < -0.3 is 4.42 Å². The quantitative estimate of drug-likeness (QED) is 0.321. The molecule has 3 aromatic heterocycles. The number of anilines is 1. The van der Waals surface area contributed by atoms with Crippen LogP contribution in [0.15, 0.2) is 86.5 Å². The molecule has 2 aromatic carbocycles. The van der Waals surface area contributed by atoms with Gasteiger partial charge in [-0.2, -0.15) is 9.78 Å². The van der Waals surface area contributed by atoms with Crippen molar-refractivity contribution in [3.05, 3.63) is 72.5 Å². The fourth-order valence-corrected chi connectivity index (χ4v) is 4.17. The molecule has 0 bridgehead atoms. The largest absolute Gasteiger partial charge is 0.448 e. The Bertz CT molecular complexity index is 1240. The third-order valence-electron chi connectivity index (χ3n) is 3.88. The average Bonchev–Trinajstić information content (AvgIpc) is 3.48. The molecule has 8 nitrogen and oxygen atoms in total. The highest BCUT2D eigenvalue weighted by Gasteiger charge is 2.12. The van der Waals surface area contributed by atoms with Gasteiger partial charge in [0, 0.05) is 0 Å². The summed E-state index contributed by atoms with van der Waals surface area (Å²) in [6.45, 7) is 0. The van der Waals surface area contributed by atoms with Crippen LogP contribution in [0.3, 0.4) is 0 Å². The topological polar surface area (TPSA) is 94.0 Å². The van der Waals surface area contributed by atoms with Crippen LogP contribution >= 0.6 is 23.1 Å². The van der Waals surface area contributed by atoms with Crippen molar-refractivity contribution < 1.29 is 4.42 Å². The molecule has 10 heteroatoms. The van der Waals surface area contributed by atoms with Crippen LogP contribution in [0.4, 0.5) is 5.13 Å². The van der Waals surface area contributed by atoms with Crippen molar-refractivity contribution in [2.24, 2.45) is 5.10 Å². The lowest BCUT2D eigenvalue weighted by Gasteiger charge is -2.01. The summed E-state index contributed by atoms with van der Waals surface area (Å²) in [5, 5.41) is 18.1. The van der Waals surface area contributed by atoms with Crippen molar-refractivity contribution >= 4 is 44.7 Å². The van der Waals surface area contributed by atoms with Crippen LogP contribution in [0.5, 0.6) is 0 Å². The number of rotatable bonds is 6. The molecule has 142 valence electrons. The highest BCUT2D eigenvalue weighted by atomic mass is 32.2. The zero-order valence-corrected chi connectivity index (χ0v) is 16.5. The number of aromatic nitrogens is 5. The van der Waals surface area contributed by atoms with Gasteiger partial charge in [0.2, 0.25) is 10.3 Å². The Kier molecular flexibility index (Phi) is 4.76. The second-order valence-corrected chi connectivity index (χ2v) is 7.83. The lowest BCUT2D eigenvalue weighted by Crippen LogP contribution is -1.97. The molecule has 0 aliphatic heterocycles. The summed E-state index contributed by atoms with van der Waals surface area (Å²) in [5.74, 6) is 0.611. The van der Waals surface area contributed by atoms with Gasteiger partial charge in [0.05, 0.1) is 22.1 Å². The molecule has 0 spiro atoms. The van der Waals surface area contributed by atoms with Gasteiger partial charge in [-0.15, -0.1) is 5.10 Å². The number of fused-ring (bicyclic) bond motifs is 1. The second kappa shape index (κ2) is 7.86. The first-order valence-corrected chi connectivity index (χ1v) is 10.2. The van der Waals surface area contributed by atoms with Gasteiger partial charge >= 0.3 is 0 Å². The molecule has 1 N–H and O–H groups in total. The van der Waals surface area contributed by atoms with Crippen molar-refractivity contribution in [1.29, 1.82) is 0 Å². The third kappa shape index (κ3) is 3.89. The van der Waals surface area contributed by atoms with E-state index in [1.807, 2.05) is 66.7 Å². The van der Waals surface area contributed by atoms with E-state index in [4.69, 9.17) is 4.42 Å². The maximum absolute atomic E-state index is 5.79. The summed E-state index contributed by atoms with van der Waals surface area (Å²) in [5.41, 5.74) is 4.77. The van der Waals surface area contributed by atoms with E-state index in [2.05, 4.69) is 31.0 Å². The van der Waals surface area contributed by atoms with E-state index < -0.39 is 0 Å². The molecule has 0 unspecified atom stereocenters. The monoisotopic (exact) mass is 419 g/mol. The van der Waals surface area contributed by atoms with E-state index >= 15 is 0 Å². The van der Waals surface area contributed by atoms with E-state index in [1.54, 1.807) is 22.2 Å². The molecule has 0 aliphatic rings. The molecule has 5 rings (SSSR count). The van der Waals surface area contributed by atoms with E-state index in [1.165, 1.54) is 11.8 Å². The number of hydrogen-bond donors (Lipinski definition) is 1. The number of hydrazone groups is 1. The average molecular weight is 419 g/mol. The fraction of sp³-hybridized carbons (Fsp3) is 0. The van der Waals surface area contributed by atoms with Crippen molar-refractivity contribution in [1.82, 2.24) is 25.2 Å². The minimum Gasteiger partial charge on any atom is -0.448 e. The molecule has 5 aromatic rings. The van der Waals surface area contributed by atoms with Crippen LogP contribution in [0.2, 0.25) is 0 Å². The fourth-order valence-electron chi connectivity index (χ4n) is 2.59. The molecule has 0 amide bonds. The lowest BCUT2D eigenvalue weighted by atomic mass is 10.3. The summed E-state index contributed by atoms with van der Waals surface area (Å²) >= 11 is 2.88. The zero-order chi connectivity index (χ0) is 19.5. The first kappa shape index (κ1) is 17.6. The SMILES string of the molecule is C(=N\Nc1nc2ccccc2s1)/c1ccc(Sc2nnnn2-c2ccccc2)o1. The second-order valence-electron chi connectivity index (χ2n) is 5.82. The van der Waals surface area contributed by atoms with Gasteiger partial charge in [0.1, 0.15) is 5.76 Å². The summed E-state index contributed by atoms with van der Waals surface area (Å²) < 4.78 is 8.56. The molecule has 3 heterocycles. The summed E-state index contributed by atoms with van der Waals surface area (Å²) in [6, 6.07) is 21.3. The Morgan fingerprint density at radius 3 is 2.79 bits per heavy atom. The molecule has 0 aliphatic carbocycles. The van der Waals surface area contributed by atoms with Gasteiger partial charge in [-0.3, -0.25) is 5.43 Å². The first-order chi connectivity index (χ1) is 14.3. The number of benzene rings is 2. The number of para-hydroxylation sites is 2. The maximum atomic E-state index is 5.79. The number of thiazole rings is 1. The van der Waals surface area contributed by atoms with Gasteiger partial charge in [-0.25, -0.2) is 4.98 Å². The summed E-state index contributed by atoms with van der Waals surface area (Å²) in [6.07, 6.45) is 1.61. The molecule has 0 atom stereocenters. The van der Waals surface area contributed by atoms with Crippen LogP contribution in [0, 0.1) is 0 Å². The number of tetrazole rings is 1. The predicted molar refractivity (Wildman–Crippen MR) is 113 cm³/mol.